The van der Waals surface area contributed by atoms with Crippen molar-refractivity contribution in [2.75, 3.05) is 0 Å². The second-order valence-corrected chi connectivity index (χ2v) is 10.5. The molecule has 0 fully saturated rings. The van der Waals surface area contributed by atoms with E-state index in [1.165, 1.54) is 10.8 Å². The lowest BCUT2D eigenvalue weighted by atomic mass is 10.0. The Hall–Kier alpha value is -5.68. The molecule has 0 saturated carbocycles. The third-order valence-electron chi connectivity index (χ3n) is 7.99. The van der Waals surface area contributed by atoms with Crippen LogP contribution in [0, 0.1) is 0 Å². The van der Waals surface area contributed by atoms with Crippen LogP contribution in [0.1, 0.15) is 0 Å². The number of para-hydroxylation sites is 1. The standard InChI is InChI=1S/C37H27N5/c1-40-22-21-38-37(40)28-15-10-16-29(23-28)41-34-18-9-8-17-31(34)32-20-19-30(24-35(32)41)42-36(27-13-6-3-7-14-27)33(25-39-42)26-11-4-2-5-12-26/h2-25H,1H3. The van der Waals surface area contributed by atoms with Gasteiger partial charge in [-0.2, -0.15) is 5.10 Å². The van der Waals surface area contributed by atoms with Crippen molar-refractivity contribution in [1.29, 1.82) is 0 Å². The van der Waals surface area contributed by atoms with Crippen molar-refractivity contribution in [2.24, 2.45) is 7.05 Å². The molecule has 42 heavy (non-hydrogen) atoms. The number of rotatable bonds is 5. The van der Waals surface area contributed by atoms with Gasteiger partial charge < -0.3 is 9.13 Å². The predicted octanol–water partition coefficient (Wildman–Crippen LogP) is 8.70. The van der Waals surface area contributed by atoms with Crippen molar-refractivity contribution < 1.29 is 0 Å². The normalized spacial score (nSPS) is 11.5. The largest absolute Gasteiger partial charge is 0.334 e. The van der Waals surface area contributed by atoms with Gasteiger partial charge in [-0.1, -0.05) is 97.1 Å². The highest BCUT2D eigenvalue weighted by Crippen LogP contribution is 2.37. The van der Waals surface area contributed by atoms with Crippen LogP contribution < -0.4 is 0 Å². The fourth-order valence-corrected chi connectivity index (χ4v) is 6.04. The number of fused-ring (bicyclic) bond motifs is 3. The zero-order valence-electron chi connectivity index (χ0n) is 23.1. The first-order valence-corrected chi connectivity index (χ1v) is 14.1. The highest BCUT2D eigenvalue weighted by atomic mass is 15.3. The van der Waals surface area contributed by atoms with Gasteiger partial charge in [-0.15, -0.1) is 0 Å². The van der Waals surface area contributed by atoms with Gasteiger partial charge in [0.1, 0.15) is 5.82 Å². The summed E-state index contributed by atoms with van der Waals surface area (Å²) >= 11 is 0. The summed E-state index contributed by atoms with van der Waals surface area (Å²) in [5.41, 5.74) is 9.90. The van der Waals surface area contributed by atoms with Gasteiger partial charge >= 0.3 is 0 Å². The number of imidazole rings is 1. The Kier molecular flexibility index (Phi) is 5.61. The van der Waals surface area contributed by atoms with Crippen LogP contribution in [-0.2, 0) is 7.05 Å². The van der Waals surface area contributed by atoms with Gasteiger partial charge in [0.25, 0.3) is 0 Å². The van der Waals surface area contributed by atoms with E-state index in [9.17, 15) is 0 Å². The Morgan fingerprint density at radius 3 is 2.07 bits per heavy atom. The molecule has 5 aromatic carbocycles. The van der Waals surface area contributed by atoms with Crippen molar-refractivity contribution >= 4 is 21.8 Å². The monoisotopic (exact) mass is 541 g/mol. The first-order chi connectivity index (χ1) is 20.8. The molecule has 0 aliphatic carbocycles. The highest BCUT2D eigenvalue weighted by molar-refractivity contribution is 6.09. The Balaban J connectivity index is 1.37. The summed E-state index contributed by atoms with van der Waals surface area (Å²) < 4.78 is 6.48. The minimum absolute atomic E-state index is 0.941. The van der Waals surface area contributed by atoms with E-state index in [0.29, 0.717) is 0 Å². The lowest BCUT2D eigenvalue weighted by molar-refractivity contribution is 0.889. The lowest BCUT2D eigenvalue weighted by Gasteiger charge is -2.13. The molecule has 0 N–H and O–H groups in total. The zero-order chi connectivity index (χ0) is 28.0. The maximum absolute atomic E-state index is 4.96. The summed E-state index contributed by atoms with van der Waals surface area (Å²) in [4.78, 5) is 4.59. The molecule has 0 saturated heterocycles. The summed E-state index contributed by atoms with van der Waals surface area (Å²) in [6, 6.07) is 44.9. The predicted molar refractivity (Wildman–Crippen MR) is 171 cm³/mol. The van der Waals surface area contributed by atoms with Gasteiger partial charge in [-0.25, -0.2) is 9.67 Å². The van der Waals surface area contributed by atoms with Crippen molar-refractivity contribution in [3.8, 4) is 45.1 Å². The van der Waals surface area contributed by atoms with E-state index >= 15 is 0 Å². The van der Waals surface area contributed by atoms with Crippen LogP contribution in [0.2, 0.25) is 0 Å². The molecule has 0 spiro atoms. The minimum Gasteiger partial charge on any atom is -0.334 e. The molecule has 3 aromatic heterocycles. The number of hydrogen-bond acceptors (Lipinski definition) is 2. The molecule has 8 rings (SSSR count). The topological polar surface area (TPSA) is 40.6 Å². The van der Waals surface area contributed by atoms with Gasteiger partial charge in [0.05, 0.1) is 28.6 Å². The fourth-order valence-electron chi connectivity index (χ4n) is 6.04. The first-order valence-electron chi connectivity index (χ1n) is 14.1. The van der Waals surface area contributed by atoms with Crippen molar-refractivity contribution in [1.82, 2.24) is 23.9 Å². The summed E-state index contributed by atoms with van der Waals surface area (Å²) in [5.74, 6) is 0.941. The molecule has 0 radical (unpaired) electrons. The summed E-state index contributed by atoms with van der Waals surface area (Å²) in [7, 11) is 2.03. The number of benzene rings is 5. The number of aromatic nitrogens is 5. The Morgan fingerprint density at radius 1 is 0.571 bits per heavy atom. The van der Waals surface area contributed by atoms with Gasteiger partial charge in [0, 0.05) is 52.6 Å². The molecule has 0 amide bonds. The van der Waals surface area contributed by atoms with E-state index in [4.69, 9.17) is 5.10 Å². The molecule has 0 atom stereocenters. The smallest absolute Gasteiger partial charge is 0.139 e. The van der Waals surface area contributed by atoms with E-state index in [0.717, 1.165) is 56.2 Å². The molecular formula is C37H27N5. The average Bonchev–Trinajstić information content (AvgIpc) is 3.77. The maximum atomic E-state index is 4.96. The Labute approximate surface area is 243 Å². The van der Waals surface area contributed by atoms with E-state index in [-0.39, 0.29) is 0 Å². The van der Waals surface area contributed by atoms with Gasteiger partial charge in [-0.3, -0.25) is 0 Å². The quantitative estimate of drug-likeness (QED) is 0.219. The summed E-state index contributed by atoms with van der Waals surface area (Å²) in [6.45, 7) is 0. The van der Waals surface area contributed by atoms with Crippen LogP contribution in [0.5, 0.6) is 0 Å². The van der Waals surface area contributed by atoms with E-state index in [1.54, 1.807) is 0 Å². The van der Waals surface area contributed by atoms with E-state index < -0.39 is 0 Å². The maximum Gasteiger partial charge on any atom is 0.139 e. The molecule has 5 nitrogen and oxygen atoms in total. The second-order valence-electron chi connectivity index (χ2n) is 10.5. The van der Waals surface area contributed by atoms with Crippen molar-refractivity contribution in [3.63, 3.8) is 0 Å². The molecule has 0 unspecified atom stereocenters. The number of aryl methyl sites for hydroxylation is 1. The zero-order valence-corrected chi connectivity index (χ0v) is 23.1. The first kappa shape index (κ1) is 24.1. The van der Waals surface area contributed by atoms with Crippen LogP contribution >= 0.6 is 0 Å². The second kappa shape index (κ2) is 9.75. The highest BCUT2D eigenvalue weighted by Gasteiger charge is 2.19. The van der Waals surface area contributed by atoms with E-state index in [1.807, 2.05) is 31.7 Å². The van der Waals surface area contributed by atoms with Gasteiger partial charge in [0.15, 0.2) is 0 Å². The average molecular weight is 542 g/mol. The van der Waals surface area contributed by atoms with Crippen LogP contribution in [0.4, 0.5) is 0 Å². The van der Waals surface area contributed by atoms with Gasteiger partial charge in [-0.05, 0) is 35.9 Å². The summed E-state index contributed by atoms with van der Waals surface area (Å²) in [5, 5.41) is 7.38. The van der Waals surface area contributed by atoms with Crippen molar-refractivity contribution in [3.05, 3.63) is 146 Å². The van der Waals surface area contributed by atoms with Crippen molar-refractivity contribution in [2.45, 2.75) is 0 Å². The molecule has 0 aliphatic heterocycles. The molecule has 5 heteroatoms. The lowest BCUT2D eigenvalue weighted by Crippen LogP contribution is -2.01. The van der Waals surface area contributed by atoms with Crippen LogP contribution in [0.15, 0.2) is 146 Å². The molecule has 3 heterocycles. The van der Waals surface area contributed by atoms with Crippen LogP contribution in [-0.4, -0.2) is 23.9 Å². The molecule has 0 aliphatic rings. The molecule has 8 aromatic rings. The van der Waals surface area contributed by atoms with E-state index in [2.05, 4.69) is 140 Å². The van der Waals surface area contributed by atoms with Crippen LogP contribution in [0.3, 0.4) is 0 Å². The van der Waals surface area contributed by atoms with Crippen LogP contribution in [0.25, 0.3) is 67.0 Å². The third-order valence-corrected chi connectivity index (χ3v) is 7.99. The SMILES string of the molecule is Cn1ccnc1-c1cccc(-n2c3ccccc3c3ccc(-n4ncc(-c5ccccc5)c4-c4ccccc4)cc32)c1. The number of nitrogens with zero attached hydrogens (tertiary/aromatic N) is 5. The molecular weight excluding hydrogens is 514 g/mol. The molecule has 200 valence electrons. The fraction of sp³-hybridized carbons (Fsp3) is 0.0270. The third kappa shape index (κ3) is 3.86. The molecule has 0 bridgehead atoms. The van der Waals surface area contributed by atoms with Gasteiger partial charge in [0.2, 0.25) is 0 Å². The minimum atomic E-state index is 0.941. The summed E-state index contributed by atoms with van der Waals surface area (Å²) in [6.07, 6.45) is 5.80. The Morgan fingerprint density at radius 2 is 1.29 bits per heavy atom. The number of hydrogen-bond donors (Lipinski definition) is 0. The Bertz CT molecular complexity index is 2200.